The number of imidazole rings is 1. The van der Waals surface area contributed by atoms with Gasteiger partial charge in [-0.2, -0.15) is 0 Å². The number of halogens is 2. The normalized spacial score (nSPS) is 12.5. The largest absolute Gasteiger partial charge is 0.465 e. The Balaban J connectivity index is 1.94. The van der Waals surface area contributed by atoms with Gasteiger partial charge in [0.15, 0.2) is 0 Å². The Morgan fingerprint density at radius 1 is 1.24 bits per heavy atom. The van der Waals surface area contributed by atoms with Gasteiger partial charge in [-0.1, -0.05) is 56.0 Å². The molecule has 0 radical (unpaired) electrons. The Hall–Kier alpha value is -1.69. The lowest BCUT2D eigenvalue weighted by Crippen LogP contribution is -2.31. The molecule has 1 atom stereocenters. The Labute approximate surface area is 218 Å². The molecule has 2 N–H and O–H groups in total. The summed E-state index contributed by atoms with van der Waals surface area (Å²) < 4.78 is 10.1. The smallest absolute Gasteiger partial charge is 0.405 e. The summed E-state index contributed by atoms with van der Waals surface area (Å²) >= 11 is 5.83. The number of benzene rings is 2. The quantitative estimate of drug-likeness (QED) is 0.145. The van der Waals surface area contributed by atoms with E-state index in [1.165, 1.54) is 0 Å². The van der Waals surface area contributed by atoms with E-state index in [-0.39, 0.29) is 0 Å². The lowest BCUT2D eigenvalue weighted by Gasteiger charge is -2.21. The van der Waals surface area contributed by atoms with E-state index in [4.69, 9.17) is 4.74 Å². The van der Waals surface area contributed by atoms with Crippen molar-refractivity contribution in [1.82, 2.24) is 14.9 Å². The van der Waals surface area contributed by atoms with E-state index in [0.29, 0.717) is 25.6 Å². The van der Waals surface area contributed by atoms with E-state index >= 15 is 0 Å². The van der Waals surface area contributed by atoms with Crippen LogP contribution in [0.1, 0.15) is 17.4 Å². The highest BCUT2D eigenvalue weighted by molar-refractivity contribution is 14.1. The summed E-state index contributed by atoms with van der Waals surface area (Å²) in [5, 5.41) is 12.2. The first-order valence-electron chi connectivity index (χ1n) is 10.8. The van der Waals surface area contributed by atoms with Crippen molar-refractivity contribution in [2.24, 2.45) is 0 Å². The predicted octanol–water partition coefficient (Wildman–Crippen LogP) is 6.78. The van der Waals surface area contributed by atoms with Crippen molar-refractivity contribution in [1.29, 1.82) is 0 Å². The molecular weight excluding hydrogens is 613 g/mol. The van der Waals surface area contributed by atoms with Crippen LogP contribution in [0.15, 0.2) is 59.2 Å². The minimum atomic E-state index is -1.22. The van der Waals surface area contributed by atoms with Crippen LogP contribution >= 0.6 is 38.5 Å². The van der Waals surface area contributed by atoms with E-state index in [1.807, 2.05) is 53.1 Å². The maximum atomic E-state index is 11.7. The van der Waals surface area contributed by atoms with Crippen LogP contribution in [0.2, 0.25) is 25.7 Å². The van der Waals surface area contributed by atoms with Gasteiger partial charge in [0.05, 0.1) is 17.9 Å². The van der Waals surface area contributed by atoms with Crippen molar-refractivity contribution in [2.75, 3.05) is 6.61 Å². The number of nitrogens with zero attached hydrogens (tertiary/aromatic N) is 2. The molecule has 0 fully saturated rings. The maximum absolute atomic E-state index is 11.7. The third-order valence-electron chi connectivity index (χ3n) is 5.21. The molecule has 33 heavy (non-hydrogen) atoms. The Morgan fingerprint density at radius 3 is 2.61 bits per heavy atom. The highest BCUT2D eigenvalue weighted by atomic mass is 127. The van der Waals surface area contributed by atoms with Crippen LogP contribution < -0.4 is 5.32 Å². The maximum Gasteiger partial charge on any atom is 0.405 e. The second-order valence-corrected chi connectivity index (χ2v) is 16.7. The zero-order valence-corrected chi connectivity index (χ0v) is 23.8. The van der Waals surface area contributed by atoms with Crippen LogP contribution in [0.3, 0.4) is 0 Å². The predicted molar refractivity (Wildman–Crippen MR) is 146 cm³/mol. The first kappa shape index (κ1) is 25.9. The molecule has 9 heteroatoms. The van der Waals surface area contributed by atoms with E-state index in [9.17, 15) is 9.90 Å². The number of nitrogens with one attached hydrogen (secondary N) is 1. The summed E-state index contributed by atoms with van der Waals surface area (Å²) in [5.41, 5.74) is 2.92. The lowest BCUT2D eigenvalue weighted by atomic mass is 10.1. The number of aromatic nitrogens is 2. The SMILES string of the molecule is C[Si](C)(C)CCOCn1c(-c2ccccc2)cnc1[C@H](Cc1ccc(I)c(Br)c1)NC(=O)O. The van der Waals surface area contributed by atoms with Crippen LogP contribution in [0.4, 0.5) is 4.79 Å². The first-order valence-corrected chi connectivity index (χ1v) is 16.3. The summed E-state index contributed by atoms with van der Waals surface area (Å²) in [5.74, 6) is 0.638. The minimum Gasteiger partial charge on any atom is -0.465 e. The third kappa shape index (κ3) is 7.66. The van der Waals surface area contributed by atoms with Crippen LogP contribution in [0.5, 0.6) is 0 Å². The molecule has 0 unspecified atom stereocenters. The van der Waals surface area contributed by atoms with Crippen molar-refractivity contribution in [2.45, 2.75) is 44.9 Å². The third-order valence-corrected chi connectivity index (χ3v) is 9.25. The average Bonchev–Trinajstić information content (AvgIpc) is 3.17. The van der Waals surface area contributed by atoms with Crippen LogP contribution in [-0.2, 0) is 17.9 Å². The molecule has 0 aliphatic carbocycles. The first-order chi connectivity index (χ1) is 15.6. The molecule has 176 valence electrons. The molecule has 0 saturated heterocycles. The highest BCUT2D eigenvalue weighted by Gasteiger charge is 2.23. The molecule has 6 nitrogen and oxygen atoms in total. The Kier molecular flexibility index (Phi) is 9.14. The topological polar surface area (TPSA) is 76.4 Å². The lowest BCUT2D eigenvalue weighted by molar-refractivity contribution is 0.0847. The van der Waals surface area contributed by atoms with Crippen LogP contribution in [-0.4, -0.2) is 35.4 Å². The van der Waals surface area contributed by atoms with Gasteiger partial charge in [0.1, 0.15) is 12.6 Å². The van der Waals surface area contributed by atoms with Gasteiger partial charge in [-0.05, 0) is 67.8 Å². The fourth-order valence-electron chi connectivity index (χ4n) is 3.44. The minimum absolute atomic E-state index is 0.318. The van der Waals surface area contributed by atoms with Gasteiger partial charge in [0.2, 0.25) is 0 Å². The standard InChI is InChI=1S/C24H29BrIN3O3Si/c1-33(2,3)12-11-32-16-29-22(18-7-5-4-6-8-18)15-27-23(29)21(28-24(30)31)14-17-9-10-20(26)19(25)13-17/h4-10,13,15,21,28H,11-12,14,16H2,1-3H3,(H,30,31)/t21-/m0/s1. The monoisotopic (exact) mass is 641 g/mol. The molecule has 2 aromatic carbocycles. The summed E-state index contributed by atoms with van der Waals surface area (Å²) in [6.45, 7) is 7.95. The number of rotatable bonds is 10. The molecule has 0 aliphatic heterocycles. The Morgan fingerprint density at radius 2 is 1.97 bits per heavy atom. The summed E-state index contributed by atoms with van der Waals surface area (Å²) in [4.78, 5) is 16.3. The van der Waals surface area contributed by atoms with Crippen molar-refractivity contribution < 1.29 is 14.6 Å². The van der Waals surface area contributed by atoms with Gasteiger partial charge in [-0.25, -0.2) is 9.78 Å². The molecule has 1 aromatic heterocycles. The molecule has 0 saturated carbocycles. The average molecular weight is 642 g/mol. The van der Waals surface area contributed by atoms with Gasteiger partial charge in [0.25, 0.3) is 0 Å². The number of carbonyl (C=O) groups is 1. The van der Waals surface area contributed by atoms with Crippen molar-refractivity contribution in [3.8, 4) is 11.3 Å². The summed E-state index contributed by atoms with van der Waals surface area (Å²) in [7, 11) is -1.22. The van der Waals surface area contributed by atoms with Gasteiger partial charge in [-0.3, -0.25) is 0 Å². The number of amides is 1. The number of hydrogen-bond donors (Lipinski definition) is 2. The molecule has 3 aromatic rings. The van der Waals surface area contributed by atoms with Gasteiger partial charge >= 0.3 is 6.09 Å². The Bertz CT molecular complexity index is 1090. The molecule has 0 aliphatic rings. The zero-order chi connectivity index (χ0) is 24.0. The van der Waals surface area contributed by atoms with Crippen molar-refractivity contribution in [3.05, 3.63) is 74.2 Å². The van der Waals surface area contributed by atoms with Crippen LogP contribution in [0.25, 0.3) is 11.3 Å². The molecular formula is C24H29BrIN3O3Si. The molecule has 0 bridgehead atoms. The van der Waals surface area contributed by atoms with E-state index in [0.717, 1.165) is 30.9 Å². The molecule has 3 rings (SSSR count). The van der Waals surface area contributed by atoms with Crippen molar-refractivity contribution in [3.63, 3.8) is 0 Å². The second-order valence-electron chi connectivity index (χ2n) is 9.10. The van der Waals surface area contributed by atoms with E-state index < -0.39 is 20.2 Å². The molecule has 1 amide bonds. The second kappa shape index (κ2) is 11.6. The van der Waals surface area contributed by atoms with Crippen LogP contribution in [0, 0.1) is 3.57 Å². The van der Waals surface area contributed by atoms with E-state index in [1.54, 1.807) is 6.20 Å². The fraction of sp³-hybridized carbons (Fsp3) is 0.333. The zero-order valence-electron chi connectivity index (χ0n) is 19.0. The van der Waals surface area contributed by atoms with Gasteiger partial charge < -0.3 is 19.7 Å². The number of ether oxygens (including phenoxy) is 1. The fourth-order valence-corrected chi connectivity index (χ4v) is 4.95. The molecule has 0 spiro atoms. The van der Waals surface area contributed by atoms with Crippen molar-refractivity contribution >= 4 is 52.7 Å². The summed E-state index contributed by atoms with van der Waals surface area (Å²) in [6, 6.07) is 16.6. The molecule has 1 heterocycles. The highest BCUT2D eigenvalue weighted by Crippen LogP contribution is 2.28. The van der Waals surface area contributed by atoms with E-state index in [2.05, 4.69) is 68.5 Å². The number of carboxylic acid groups (broad SMARTS) is 1. The van der Waals surface area contributed by atoms with Gasteiger partial charge in [0, 0.05) is 29.1 Å². The number of hydrogen-bond acceptors (Lipinski definition) is 3. The summed E-state index contributed by atoms with van der Waals surface area (Å²) in [6.07, 6.45) is 1.19. The van der Waals surface area contributed by atoms with Gasteiger partial charge in [-0.15, -0.1) is 0 Å².